The number of rotatable bonds is 4. The summed E-state index contributed by atoms with van der Waals surface area (Å²) < 4.78 is 0. The van der Waals surface area contributed by atoms with E-state index in [0.29, 0.717) is 18.0 Å². The minimum absolute atomic E-state index is 0.357. The summed E-state index contributed by atoms with van der Waals surface area (Å²) in [4.78, 5) is 25.5. The molecule has 96 valence electrons. The number of carbonyl (C=O) groups excluding carboxylic acids is 2. The quantitative estimate of drug-likeness (QED) is 0.765. The largest absolute Gasteiger partial charge is 0.305 e. The Balaban J connectivity index is 2.31. The van der Waals surface area contributed by atoms with E-state index in [1.54, 1.807) is 4.90 Å². The molecule has 0 N–H and O–H groups in total. The molecule has 1 aromatic carbocycles. The molecule has 0 unspecified atom stereocenters. The van der Waals surface area contributed by atoms with Crippen molar-refractivity contribution in [2.24, 2.45) is 5.92 Å². The van der Waals surface area contributed by atoms with Gasteiger partial charge in [0.25, 0.3) is 11.7 Å². The molecule has 1 amide bonds. The van der Waals surface area contributed by atoms with E-state index in [4.69, 9.17) is 0 Å². The van der Waals surface area contributed by atoms with Crippen LogP contribution in [0.15, 0.2) is 18.2 Å². The zero-order chi connectivity index (χ0) is 13.3. The molecule has 2 rings (SSSR count). The van der Waals surface area contributed by atoms with Crippen molar-refractivity contribution in [1.29, 1.82) is 0 Å². The van der Waals surface area contributed by atoms with Crippen molar-refractivity contribution in [3.05, 3.63) is 29.3 Å². The molecule has 0 radical (unpaired) electrons. The van der Waals surface area contributed by atoms with Crippen LogP contribution in [0.5, 0.6) is 0 Å². The van der Waals surface area contributed by atoms with E-state index in [1.807, 2.05) is 25.1 Å². The maximum atomic E-state index is 12.0. The summed E-state index contributed by atoms with van der Waals surface area (Å²) in [5.41, 5.74) is 2.45. The summed E-state index contributed by atoms with van der Waals surface area (Å²) >= 11 is 0. The van der Waals surface area contributed by atoms with E-state index in [-0.39, 0.29) is 11.7 Å². The van der Waals surface area contributed by atoms with Crippen LogP contribution >= 0.6 is 0 Å². The highest BCUT2D eigenvalue weighted by atomic mass is 16.2. The molecule has 0 saturated heterocycles. The number of amides is 1. The van der Waals surface area contributed by atoms with E-state index in [2.05, 4.69) is 13.8 Å². The Morgan fingerprint density at radius 1 is 1.22 bits per heavy atom. The van der Waals surface area contributed by atoms with Crippen molar-refractivity contribution in [2.45, 2.75) is 33.6 Å². The van der Waals surface area contributed by atoms with Crippen molar-refractivity contribution in [3.63, 3.8) is 0 Å². The van der Waals surface area contributed by atoms with E-state index in [9.17, 15) is 9.59 Å². The minimum Gasteiger partial charge on any atom is -0.305 e. The van der Waals surface area contributed by atoms with Crippen LogP contribution in [0.4, 0.5) is 5.69 Å². The molecule has 0 atom stereocenters. The molecule has 0 aromatic heterocycles. The molecule has 0 spiro atoms. The summed E-state index contributed by atoms with van der Waals surface area (Å²) in [6.45, 7) is 6.90. The Kier molecular flexibility index (Phi) is 3.50. The van der Waals surface area contributed by atoms with Gasteiger partial charge < -0.3 is 4.90 Å². The highest BCUT2D eigenvalue weighted by molar-refractivity contribution is 6.52. The van der Waals surface area contributed by atoms with Gasteiger partial charge in [-0.3, -0.25) is 9.59 Å². The fraction of sp³-hybridized carbons (Fsp3) is 0.467. The van der Waals surface area contributed by atoms with Crippen molar-refractivity contribution in [2.75, 3.05) is 11.4 Å². The molecule has 1 aliphatic rings. The van der Waals surface area contributed by atoms with Crippen LogP contribution < -0.4 is 4.90 Å². The number of benzene rings is 1. The number of carbonyl (C=O) groups is 2. The van der Waals surface area contributed by atoms with Gasteiger partial charge in [0.2, 0.25) is 0 Å². The van der Waals surface area contributed by atoms with Gasteiger partial charge in [0, 0.05) is 6.54 Å². The number of nitrogens with zero attached hydrogens (tertiary/aromatic N) is 1. The molecule has 18 heavy (non-hydrogen) atoms. The molecule has 1 aliphatic heterocycles. The van der Waals surface area contributed by atoms with E-state index in [0.717, 1.165) is 24.1 Å². The van der Waals surface area contributed by atoms with Gasteiger partial charge in [0.15, 0.2) is 0 Å². The summed E-state index contributed by atoms with van der Waals surface area (Å²) in [5.74, 6) is -0.213. The Bertz CT molecular complexity index is 491. The molecule has 1 heterocycles. The van der Waals surface area contributed by atoms with E-state index >= 15 is 0 Å². The number of anilines is 1. The summed E-state index contributed by atoms with van der Waals surface area (Å²) in [5, 5.41) is 0. The predicted molar refractivity (Wildman–Crippen MR) is 72.0 cm³/mol. The molecular formula is C15H19NO2. The van der Waals surface area contributed by atoms with Crippen LogP contribution in [0.25, 0.3) is 0 Å². The van der Waals surface area contributed by atoms with Crippen LogP contribution in [0.3, 0.4) is 0 Å². The zero-order valence-electron chi connectivity index (χ0n) is 11.2. The average molecular weight is 245 g/mol. The normalized spacial score (nSPS) is 14.6. The Labute approximate surface area is 108 Å². The van der Waals surface area contributed by atoms with Crippen molar-refractivity contribution in [1.82, 2.24) is 0 Å². The molecular weight excluding hydrogens is 226 g/mol. The van der Waals surface area contributed by atoms with E-state index < -0.39 is 0 Å². The lowest BCUT2D eigenvalue weighted by molar-refractivity contribution is -0.114. The number of Topliss-reactive ketones (excluding diaryl/α,β-unsaturated/α-hetero) is 1. The third-order valence-corrected chi connectivity index (χ3v) is 3.37. The van der Waals surface area contributed by atoms with Crippen molar-refractivity contribution < 1.29 is 9.59 Å². The van der Waals surface area contributed by atoms with Gasteiger partial charge in [-0.1, -0.05) is 26.8 Å². The van der Waals surface area contributed by atoms with Crippen LogP contribution in [0, 0.1) is 5.92 Å². The first-order valence-corrected chi connectivity index (χ1v) is 6.53. The first kappa shape index (κ1) is 12.8. The third-order valence-electron chi connectivity index (χ3n) is 3.37. The van der Waals surface area contributed by atoms with Crippen LogP contribution in [0.1, 0.15) is 43.1 Å². The number of fused-ring (bicyclic) bond motifs is 1. The van der Waals surface area contributed by atoms with Gasteiger partial charge in [0.1, 0.15) is 0 Å². The fourth-order valence-electron chi connectivity index (χ4n) is 2.18. The Morgan fingerprint density at radius 2 is 1.94 bits per heavy atom. The molecule has 0 fully saturated rings. The number of hydrogen-bond donors (Lipinski definition) is 0. The maximum Gasteiger partial charge on any atom is 0.299 e. The van der Waals surface area contributed by atoms with Gasteiger partial charge >= 0.3 is 0 Å². The summed E-state index contributed by atoms with van der Waals surface area (Å²) in [6, 6.07) is 5.75. The molecule has 1 aromatic rings. The fourth-order valence-corrected chi connectivity index (χ4v) is 2.18. The van der Waals surface area contributed by atoms with E-state index in [1.165, 1.54) is 0 Å². The van der Waals surface area contributed by atoms with Gasteiger partial charge in [-0.25, -0.2) is 0 Å². The molecule has 3 heteroatoms. The van der Waals surface area contributed by atoms with Gasteiger partial charge in [-0.2, -0.15) is 0 Å². The first-order chi connectivity index (χ1) is 8.54. The molecule has 3 nitrogen and oxygen atoms in total. The Morgan fingerprint density at radius 3 is 2.56 bits per heavy atom. The number of hydrogen-bond acceptors (Lipinski definition) is 2. The molecule has 0 aliphatic carbocycles. The lowest BCUT2D eigenvalue weighted by Crippen LogP contribution is -2.31. The lowest BCUT2D eigenvalue weighted by atomic mass is 10.1. The first-order valence-electron chi connectivity index (χ1n) is 6.53. The highest BCUT2D eigenvalue weighted by Gasteiger charge is 2.35. The summed E-state index contributed by atoms with van der Waals surface area (Å²) in [7, 11) is 0. The predicted octanol–water partition coefficient (Wildman–Crippen LogP) is 2.82. The molecule has 0 bridgehead atoms. The van der Waals surface area contributed by atoms with Crippen LogP contribution in [-0.4, -0.2) is 18.2 Å². The maximum absolute atomic E-state index is 12.0. The van der Waals surface area contributed by atoms with Crippen LogP contribution in [0.2, 0.25) is 0 Å². The van der Waals surface area contributed by atoms with Gasteiger partial charge in [0.05, 0.1) is 11.3 Å². The van der Waals surface area contributed by atoms with Crippen LogP contribution in [-0.2, 0) is 11.2 Å². The third kappa shape index (κ3) is 2.17. The monoisotopic (exact) mass is 245 g/mol. The smallest absolute Gasteiger partial charge is 0.299 e. The minimum atomic E-state index is -0.376. The topological polar surface area (TPSA) is 37.4 Å². The highest BCUT2D eigenvalue weighted by Crippen LogP contribution is 2.30. The van der Waals surface area contributed by atoms with Gasteiger partial charge in [-0.15, -0.1) is 0 Å². The second-order valence-electron chi connectivity index (χ2n) is 5.17. The number of ketones is 1. The average Bonchev–Trinajstić information content (AvgIpc) is 2.59. The lowest BCUT2D eigenvalue weighted by Gasteiger charge is -2.17. The zero-order valence-corrected chi connectivity index (χ0v) is 11.2. The Hall–Kier alpha value is -1.64. The second kappa shape index (κ2) is 4.92. The van der Waals surface area contributed by atoms with Crippen molar-refractivity contribution >= 4 is 17.4 Å². The number of aryl methyl sites for hydroxylation is 1. The second-order valence-corrected chi connectivity index (χ2v) is 5.17. The SMILES string of the molecule is CCc1ccc2c(c1)C(=O)C(=O)N2CCC(C)C. The van der Waals surface area contributed by atoms with Gasteiger partial charge in [-0.05, 0) is 36.5 Å². The molecule has 0 saturated carbocycles. The standard InChI is InChI=1S/C15H19NO2/c1-4-11-5-6-13-12(9-11)14(17)15(18)16(13)8-7-10(2)3/h5-6,9-10H,4,7-8H2,1-3H3. The van der Waals surface area contributed by atoms with Crippen molar-refractivity contribution in [3.8, 4) is 0 Å². The summed E-state index contributed by atoms with van der Waals surface area (Å²) in [6.07, 6.45) is 1.79.